The van der Waals surface area contributed by atoms with E-state index in [1.54, 1.807) is 25.6 Å². The van der Waals surface area contributed by atoms with Crippen molar-refractivity contribution < 1.29 is 9.47 Å². The summed E-state index contributed by atoms with van der Waals surface area (Å²) in [6.07, 6.45) is 3.29. The SMILES string of the molecule is CCN=c1scc(-c2cc(OC)ccc2OC)n1N=C1CC(C)CC(C)(C)C1. The lowest BCUT2D eigenvalue weighted by Crippen LogP contribution is -2.29. The quantitative estimate of drug-likeness (QED) is 0.691. The minimum absolute atomic E-state index is 0.281. The normalized spacial score (nSPS) is 21.1. The number of aromatic nitrogens is 1. The lowest BCUT2D eigenvalue weighted by molar-refractivity contribution is 0.265. The van der Waals surface area contributed by atoms with Gasteiger partial charge in [-0.1, -0.05) is 20.8 Å². The van der Waals surface area contributed by atoms with Crippen molar-refractivity contribution >= 4 is 17.0 Å². The molecule has 0 spiro atoms. The molecule has 0 radical (unpaired) electrons. The lowest BCUT2D eigenvalue weighted by atomic mass is 9.72. The zero-order valence-corrected chi connectivity index (χ0v) is 18.6. The van der Waals surface area contributed by atoms with Gasteiger partial charge in [0.1, 0.15) is 11.5 Å². The Bertz CT molecular complexity index is 924. The standard InChI is InChI=1S/C22H31N3O2S/c1-7-23-21-25(24-16-10-15(2)12-22(3,4)13-16)19(14-28-21)18-11-17(26-5)8-9-20(18)27-6/h8-9,11,14-15H,7,10,12-13H2,1-6H3. The highest BCUT2D eigenvalue weighted by Crippen LogP contribution is 2.38. The fourth-order valence-corrected chi connectivity index (χ4v) is 5.06. The monoisotopic (exact) mass is 401 g/mol. The summed E-state index contributed by atoms with van der Waals surface area (Å²) >= 11 is 1.61. The summed E-state index contributed by atoms with van der Waals surface area (Å²) in [6, 6.07) is 5.85. The molecule has 0 amide bonds. The van der Waals surface area contributed by atoms with E-state index in [0.717, 1.165) is 46.9 Å². The predicted molar refractivity (Wildman–Crippen MR) is 117 cm³/mol. The molecular formula is C22H31N3O2S. The summed E-state index contributed by atoms with van der Waals surface area (Å²) in [7, 11) is 3.37. The van der Waals surface area contributed by atoms with E-state index in [1.807, 2.05) is 22.9 Å². The van der Waals surface area contributed by atoms with Crippen LogP contribution in [0.3, 0.4) is 0 Å². The molecule has 1 unspecified atom stereocenters. The second-order valence-corrected chi connectivity index (χ2v) is 9.11. The fraction of sp³-hybridized carbons (Fsp3) is 0.545. The number of nitrogens with zero attached hydrogens (tertiary/aromatic N) is 3. The Morgan fingerprint density at radius 1 is 1.25 bits per heavy atom. The molecule has 1 aromatic heterocycles. The van der Waals surface area contributed by atoms with Crippen LogP contribution in [0.4, 0.5) is 0 Å². The van der Waals surface area contributed by atoms with Crippen LogP contribution < -0.4 is 14.3 Å². The Morgan fingerprint density at radius 2 is 2.04 bits per heavy atom. The first kappa shape index (κ1) is 20.6. The van der Waals surface area contributed by atoms with Crippen molar-refractivity contribution in [1.82, 2.24) is 4.68 Å². The third kappa shape index (κ3) is 4.49. The molecule has 5 nitrogen and oxygen atoms in total. The molecule has 28 heavy (non-hydrogen) atoms. The molecule has 0 N–H and O–H groups in total. The molecule has 1 saturated carbocycles. The predicted octanol–water partition coefficient (Wildman–Crippen LogP) is 5.20. The summed E-state index contributed by atoms with van der Waals surface area (Å²) in [5, 5.41) is 7.21. The van der Waals surface area contributed by atoms with Crippen LogP contribution in [0.5, 0.6) is 11.5 Å². The Labute approximate surface area is 171 Å². The summed E-state index contributed by atoms with van der Waals surface area (Å²) < 4.78 is 13.1. The molecular weight excluding hydrogens is 370 g/mol. The van der Waals surface area contributed by atoms with E-state index in [1.165, 1.54) is 12.1 Å². The Morgan fingerprint density at radius 3 is 2.68 bits per heavy atom. The largest absolute Gasteiger partial charge is 0.497 e. The van der Waals surface area contributed by atoms with Crippen LogP contribution in [0.1, 0.15) is 47.0 Å². The fourth-order valence-electron chi connectivity index (χ4n) is 4.17. The Balaban J connectivity index is 2.16. The number of thiazole rings is 1. The van der Waals surface area contributed by atoms with Gasteiger partial charge in [0.25, 0.3) is 0 Å². The number of methoxy groups -OCH3 is 2. The highest BCUT2D eigenvalue weighted by molar-refractivity contribution is 7.07. The maximum absolute atomic E-state index is 5.62. The molecule has 0 bridgehead atoms. The molecule has 1 aromatic carbocycles. The second-order valence-electron chi connectivity index (χ2n) is 8.28. The second kappa shape index (κ2) is 8.52. The number of rotatable bonds is 5. The van der Waals surface area contributed by atoms with Gasteiger partial charge in [-0.15, -0.1) is 11.3 Å². The van der Waals surface area contributed by atoms with Crippen molar-refractivity contribution in [2.45, 2.75) is 47.0 Å². The van der Waals surface area contributed by atoms with Gasteiger partial charge in [0.15, 0.2) is 0 Å². The highest BCUT2D eigenvalue weighted by Gasteiger charge is 2.30. The first-order valence-corrected chi connectivity index (χ1v) is 10.7. The van der Waals surface area contributed by atoms with Crippen molar-refractivity contribution in [2.75, 3.05) is 20.8 Å². The summed E-state index contributed by atoms with van der Waals surface area (Å²) in [4.78, 5) is 5.58. The molecule has 1 aliphatic carbocycles. The Kier molecular flexibility index (Phi) is 6.28. The highest BCUT2D eigenvalue weighted by atomic mass is 32.1. The number of ether oxygens (including phenoxy) is 2. The molecule has 1 heterocycles. The molecule has 3 rings (SSSR count). The van der Waals surface area contributed by atoms with Gasteiger partial charge in [0.05, 0.1) is 19.9 Å². The van der Waals surface area contributed by atoms with Crippen molar-refractivity contribution in [3.05, 3.63) is 28.4 Å². The lowest BCUT2D eigenvalue weighted by Gasteiger charge is -2.34. The summed E-state index contributed by atoms with van der Waals surface area (Å²) in [6.45, 7) is 9.76. The van der Waals surface area contributed by atoms with Gasteiger partial charge < -0.3 is 9.47 Å². The van der Waals surface area contributed by atoms with E-state index >= 15 is 0 Å². The van der Waals surface area contributed by atoms with Crippen LogP contribution in [-0.2, 0) is 0 Å². The zero-order valence-electron chi connectivity index (χ0n) is 17.8. The average molecular weight is 402 g/mol. The third-order valence-corrected chi connectivity index (χ3v) is 5.92. The first-order chi connectivity index (χ1) is 13.4. The summed E-state index contributed by atoms with van der Waals surface area (Å²) in [5.41, 5.74) is 3.46. The minimum Gasteiger partial charge on any atom is -0.497 e. The van der Waals surface area contributed by atoms with Gasteiger partial charge in [-0.3, -0.25) is 4.99 Å². The van der Waals surface area contributed by atoms with Crippen molar-refractivity contribution in [1.29, 1.82) is 0 Å². The van der Waals surface area contributed by atoms with Crippen LogP contribution >= 0.6 is 11.3 Å². The maximum Gasteiger partial charge on any atom is 0.206 e. The number of benzene rings is 1. The number of hydrogen-bond acceptors (Lipinski definition) is 5. The Hall–Kier alpha value is -2.08. The number of hydrogen-bond donors (Lipinski definition) is 0. The van der Waals surface area contributed by atoms with Crippen LogP contribution in [-0.4, -0.2) is 31.2 Å². The molecule has 1 atom stereocenters. The van der Waals surface area contributed by atoms with Gasteiger partial charge in [-0.2, -0.15) is 5.10 Å². The van der Waals surface area contributed by atoms with Gasteiger partial charge in [-0.25, -0.2) is 4.68 Å². The maximum atomic E-state index is 5.62. The third-order valence-electron chi connectivity index (χ3n) is 5.07. The van der Waals surface area contributed by atoms with E-state index in [-0.39, 0.29) is 5.41 Å². The van der Waals surface area contributed by atoms with Crippen LogP contribution in [0.15, 0.2) is 33.7 Å². The van der Waals surface area contributed by atoms with Gasteiger partial charge in [0.2, 0.25) is 4.80 Å². The molecule has 0 aliphatic heterocycles. The van der Waals surface area contributed by atoms with Crippen molar-refractivity contribution in [3.8, 4) is 22.8 Å². The molecule has 1 fully saturated rings. The van der Waals surface area contributed by atoms with E-state index in [9.17, 15) is 0 Å². The van der Waals surface area contributed by atoms with Crippen molar-refractivity contribution in [3.63, 3.8) is 0 Å². The van der Waals surface area contributed by atoms with Gasteiger partial charge in [0, 0.05) is 23.2 Å². The van der Waals surface area contributed by atoms with E-state index < -0.39 is 0 Å². The molecule has 152 valence electrons. The van der Waals surface area contributed by atoms with Crippen molar-refractivity contribution in [2.24, 2.45) is 21.4 Å². The van der Waals surface area contributed by atoms with Gasteiger partial charge in [-0.05, 0) is 55.7 Å². The van der Waals surface area contributed by atoms with Gasteiger partial charge >= 0.3 is 0 Å². The molecule has 2 aromatic rings. The average Bonchev–Trinajstić information content (AvgIpc) is 3.02. The van der Waals surface area contributed by atoms with E-state index in [0.29, 0.717) is 5.92 Å². The topological polar surface area (TPSA) is 48.1 Å². The minimum atomic E-state index is 0.281. The van der Waals surface area contributed by atoms with Crippen LogP contribution in [0.2, 0.25) is 0 Å². The van der Waals surface area contributed by atoms with E-state index in [4.69, 9.17) is 14.6 Å². The van der Waals surface area contributed by atoms with E-state index in [2.05, 4.69) is 38.1 Å². The van der Waals surface area contributed by atoms with Crippen LogP contribution in [0.25, 0.3) is 11.3 Å². The first-order valence-electron chi connectivity index (χ1n) is 9.87. The smallest absolute Gasteiger partial charge is 0.206 e. The van der Waals surface area contributed by atoms with Crippen LogP contribution in [0, 0.1) is 11.3 Å². The molecule has 6 heteroatoms. The summed E-state index contributed by atoms with van der Waals surface area (Å²) in [5.74, 6) is 2.23. The molecule has 1 aliphatic rings. The zero-order chi connectivity index (χ0) is 20.3. The molecule has 0 saturated heterocycles.